The first-order valence-electron chi connectivity index (χ1n) is 5.79. The molecule has 0 N–H and O–H groups in total. The maximum Gasteiger partial charge on any atom is 0.140 e. The highest BCUT2D eigenvalue weighted by Crippen LogP contribution is 2.25. The first-order chi connectivity index (χ1) is 9.63. The van der Waals surface area contributed by atoms with Gasteiger partial charge in [0.05, 0.1) is 5.56 Å². The molecular weight excluding hydrogens is 389 g/mol. The van der Waals surface area contributed by atoms with E-state index in [4.69, 9.17) is 10.00 Å². The van der Waals surface area contributed by atoms with Crippen molar-refractivity contribution in [1.29, 1.82) is 5.26 Å². The van der Waals surface area contributed by atoms with Crippen molar-refractivity contribution in [2.24, 2.45) is 0 Å². The Kier molecular flexibility index (Phi) is 5.16. The topological polar surface area (TPSA) is 33.0 Å². The Hall–Kier alpha value is -1.38. The minimum absolute atomic E-state index is 0.0306. The molecule has 5 heteroatoms. The van der Waals surface area contributed by atoms with Crippen LogP contribution in [0.15, 0.2) is 40.9 Å². The first kappa shape index (κ1) is 15.0. The largest absolute Gasteiger partial charge is 0.489 e. The summed E-state index contributed by atoms with van der Waals surface area (Å²) in [6, 6.07) is 11.9. The lowest BCUT2D eigenvalue weighted by Gasteiger charge is -2.09. The van der Waals surface area contributed by atoms with Crippen molar-refractivity contribution in [1.82, 2.24) is 0 Å². The van der Waals surface area contributed by atoms with Crippen LogP contribution in [-0.2, 0) is 11.9 Å². The van der Waals surface area contributed by atoms with E-state index in [9.17, 15) is 4.39 Å². The molecule has 20 heavy (non-hydrogen) atoms. The summed E-state index contributed by atoms with van der Waals surface area (Å²) >= 11 is 6.85. The molecule has 0 fully saturated rings. The highest BCUT2D eigenvalue weighted by Gasteiger charge is 2.05. The van der Waals surface area contributed by atoms with Gasteiger partial charge in [0.25, 0.3) is 0 Å². The van der Waals surface area contributed by atoms with Crippen LogP contribution in [0.1, 0.15) is 16.7 Å². The highest BCUT2D eigenvalue weighted by atomic mass is 79.9. The van der Waals surface area contributed by atoms with E-state index in [0.717, 1.165) is 26.7 Å². The van der Waals surface area contributed by atoms with E-state index in [1.165, 1.54) is 12.1 Å². The third-order valence-corrected chi connectivity index (χ3v) is 4.10. The van der Waals surface area contributed by atoms with Crippen molar-refractivity contribution in [2.45, 2.75) is 11.9 Å². The van der Waals surface area contributed by atoms with Gasteiger partial charge in [0.2, 0.25) is 0 Å². The van der Waals surface area contributed by atoms with Crippen LogP contribution in [0.5, 0.6) is 5.75 Å². The SMILES string of the molecule is N#Cc1cc(COc2ccc(Br)c(CBr)c2)ccc1F. The van der Waals surface area contributed by atoms with E-state index in [1.54, 1.807) is 6.07 Å². The lowest BCUT2D eigenvalue weighted by atomic mass is 10.1. The van der Waals surface area contributed by atoms with Gasteiger partial charge in [-0.05, 0) is 41.5 Å². The Balaban J connectivity index is 2.11. The molecule has 0 amide bonds. The van der Waals surface area contributed by atoms with Crippen molar-refractivity contribution >= 4 is 31.9 Å². The summed E-state index contributed by atoms with van der Waals surface area (Å²) in [6.07, 6.45) is 0. The summed E-state index contributed by atoms with van der Waals surface area (Å²) in [7, 11) is 0. The summed E-state index contributed by atoms with van der Waals surface area (Å²) in [5.74, 6) is 0.215. The molecule has 0 atom stereocenters. The van der Waals surface area contributed by atoms with E-state index in [0.29, 0.717) is 0 Å². The predicted octanol–water partition coefficient (Wildman–Crippen LogP) is 4.93. The summed E-state index contributed by atoms with van der Waals surface area (Å²) < 4.78 is 19.9. The zero-order chi connectivity index (χ0) is 14.5. The average Bonchev–Trinajstić information content (AvgIpc) is 2.47. The third-order valence-electron chi connectivity index (χ3n) is 2.72. The third kappa shape index (κ3) is 3.59. The van der Waals surface area contributed by atoms with Crippen LogP contribution < -0.4 is 4.74 Å². The normalized spacial score (nSPS) is 10.1. The monoisotopic (exact) mass is 397 g/mol. The molecule has 0 radical (unpaired) electrons. The second kappa shape index (κ2) is 6.87. The summed E-state index contributed by atoms with van der Waals surface area (Å²) in [4.78, 5) is 0. The van der Waals surface area contributed by atoms with Crippen LogP contribution in [-0.4, -0.2) is 0 Å². The predicted molar refractivity (Wildman–Crippen MR) is 82.2 cm³/mol. The van der Waals surface area contributed by atoms with Gasteiger partial charge in [0, 0.05) is 9.80 Å². The van der Waals surface area contributed by atoms with Gasteiger partial charge in [-0.2, -0.15) is 5.26 Å². The second-order valence-corrected chi connectivity index (χ2v) is 5.52. The fourth-order valence-corrected chi connectivity index (χ4v) is 2.88. The number of benzene rings is 2. The molecule has 0 aliphatic carbocycles. The van der Waals surface area contributed by atoms with Crippen LogP contribution in [0, 0.1) is 17.1 Å². The van der Waals surface area contributed by atoms with Gasteiger partial charge in [-0.1, -0.05) is 37.9 Å². The maximum atomic E-state index is 13.2. The van der Waals surface area contributed by atoms with Crippen molar-refractivity contribution < 1.29 is 9.13 Å². The number of rotatable bonds is 4. The van der Waals surface area contributed by atoms with Crippen molar-refractivity contribution in [3.05, 3.63) is 63.4 Å². The minimum Gasteiger partial charge on any atom is -0.489 e. The smallest absolute Gasteiger partial charge is 0.140 e. The molecule has 0 aliphatic rings. The van der Waals surface area contributed by atoms with Crippen LogP contribution in [0.2, 0.25) is 0 Å². The van der Waals surface area contributed by atoms with Gasteiger partial charge >= 0.3 is 0 Å². The number of nitrogens with zero attached hydrogens (tertiary/aromatic N) is 1. The molecule has 0 saturated heterocycles. The van der Waals surface area contributed by atoms with Crippen LogP contribution in [0.25, 0.3) is 0 Å². The Labute approximate surface area is 133 Å². The standard InChI is InChI=1S/C15H10Br2FNO/c16-7-11-6-13(2-3-14(11)17)20-9-10-1-4-15(18)12(5-10)8-19/h1-6H,7,9H2. The molecular formula is C15H10Br2FNO. The molecule has 0 saturated carbocycles. The van der Waals surface area contributed by atoms with Crippen LogP contribution >= 0.6 is 31.9 Å². The molecule has 0 bridgehead atoms. The van der Waals surface area contributed by atoms with E-state index >= 15 is 0 Å². The lowest BCUT2D eigenvalue weighted by Crippen LogP contribution is -1.97. The molecule has 0 aliphatic heterocycles. The van der Waals surface area contributed by atoms with Crippen molar-refractivity contribution in [2.75, 3.05) is 0 Å². The molecule has 0 spiro atoms. The zero-order valence-corrected chi connectivity index (χ0v) is 13.5. The number of nitriles is 1. The number of alkyl halides is 1. The van der Waals surface area contributed by atoms with Crippen molar-refractivity contribution in [3.8, 4) is 11.8 Å². The average molecular weight is 399 g/mol. The van der Waals surface area contributed by atoms with Gasteiger partial charge in [-0.25, -0.2) is 4.39 Å². The molecule has 102 valence electrons. The Morgan fingerprint density at radius 3 is 2.70 bits per heavy atom. The minimum atomic E-state index is -0.513. The Bertz CT molecular complexity index is 667. The molecule has 0 aromatic heterocycles. The molecule has 0 unspecified atom stereocenters. The van der Waals surface area contributed by atoms with Crippen molar-refractivity contribution in [3.63, 3.8) is 0 Å². The number of halogens is 3. The van der Waals surface area contributed by atoms with E-state index < -0.39 is 5.82 Å². The summed E-state index contributed by atoms with van der Waals surface area (Å²) in [6.45, 7) is 0.290. The quantitative estimate of drug-likeness (QED) is 0.683. The molecule has 2 rings (SSSR count). The zero-order valence-electron chi connectivity index (χ0n) is 10.4. The van der Waals surface area contributed by atoms with Crippen LogP contribution in [0.4, 0.5) is 4.39 Å². The van der Waals surface area contributed by atoms with Gasteiger partial charge in [-0.3, -0.25) is 0 Å². The second-order valence-electron chi connectivity index (χ2n) is 4.10. The molecule has 0 heterocycles. The maximum absolute atomic E-state index is 13.2. The Morgan fingerprint density at radius 2 is 2.00 bits per heavy atom. The Morgan fingerprint density at radius 1 is 1.20 bits per heavy atom. The van der Waals surface area contributed by atoms with E-state index in [-0.39, 0.29) is 12.2 Å². The first-order valence-corrected chi connectivity index (χ1v) is 7.71. The van der Waals surface area contributed by atoms with Crippen LogP contribution in [0.3, 0.4) is 0 Å². The van der Waals surface area contributed by atoms with Gasteiger partial charge < -0.3 is 4.74 Å². The van der Waals surface area contributed by atoms with Gasteiger partial charge in [-0.15, -0.1) is 0 Å². The highest BCUT2D eigenvalue weighted by molar-refractivity contribution is 9.10. The van der Waals surface area contributed by atoms with Gasteiger partial charge in [0.1, 0.15) is 24.2 Å². The number of hydrogen-bond acceptors (Lipinski definition) is 2. The van der Waals surface area contributed by atoms with Gasteiger partial charge in [0.15, 0.2) is 0 Å². The number of hydrogen-bond donors (Lipinski definition) is 0. The summed E-state index contributed by atoms with van der Waals surface area (Å²) in [5.41, 5.74) is 1.87. The lowest BCUT2D eigenvalue weighted by molar-refractivity contribution is 0.306. The molecule has 2 aromatic rings. The fourth-order valence-electron chi connectivity index (χ4n) is 1.66. The molecule has 2 aromatic carbocycles. The van der Waals surface area contributed by atoms with E-state index in [1.807, 2.05) is 24.3 Å². The number of ether oxygens (including phenoxy) is 1. The molecule has 2 nitrogen and oxygen atoms in total. The summed E-state index contributed by atoms with van der Waals surface area (Å²) in [5, 5.41) is 9.51. The van der Waals surface area contributed by atoms with E-state index in [2.05, 4.69) is 31.9 Å². The fraction of sp³-hybridized carbons (Fsp3) is 0.133.